The molecule has 4 heteroatoms. The summed E-state index contributed by atoms with van der Waals surface area (Å²) in [5.41, 5.74) is 0.0133. The molecule has 1 saturated carbocycles. The van der Waals surface area contributed by atoms with Gasteiger partial charge in [-0.05, 0) is 43.9 Å². The number of aromatic hydroxyl groups is 2. The van der Waals surface area contributed by atoms with Crippen LogP contribution in [-0.2, 0) is 0 Å². The number of amides is 1. The molecular weight excluding hydrogens is 218 g/mol. The van der Waals surface area contributed by atoms with Gasteiger partial charge in [-0.25, -0.2) is 0 Å². The van der Waals surface area contributed by atoms with Gasteiger partial charge < -0.3 is 15.5 Å². The standard InChI is InChI=1S/C13H17NO3/c1-2-13(6-3-7-13)14-12(17)10-8-9(15)4-5-11(10)16/h4-5,8,15-16H,2-3,6-7H2,1H3,(H,14,17). The fraction of sp³-hybridized carbons (Fsp3) is 0.462. The van der Waals surface area contributed by atoms with E-state index in [2.05, 4.69) is 5.32 Å². The van der Waals surface area contributed by atoms with E-state index in [1.807, 2.05) is 6.92 Å². The van der Waals surface area contributed by atoms with Crippen LogP contribution < -0.4 is 5.32 Å². The van der Waals surface area contributed by atoms with Crippen LogP contribution in [0, 0.1) is 0 Å². The van der Waals surface area contributed by atoms with Crippen LogP contribution >= 0.6 is 0 Å². The third kappa shape index (κ3) is 2.20. The van der Waals surface area contributed by atoms with Crippen molar-refractivity contribution in [3.8, 4) is 11.5 Å². The number of hydrogen-bond donors (Lipinski definition) is 3. The largest absolute Gasteiger partial charge is 0.508 e. The summed E-state index contributed by atoms with van der Waals surface area (Å²) in [5, 5.41) is 21.9. The fourth-order valence-corrected chi connectivity index (χ4v) is 2.18. The Morgan fingerprint density at radius 2 is 2.12 bits per heavy atom. The minimum atomic E-state index is -0.319. The van der Waals surface area contributed by atoms with E-state index in [4.69, 9.17) is 0 Å². The summed E-state index contributed by atoms with van der Waals surface area (Å²) in [6, 6.07) is 3.96. The second-order valence-corrected chi connectivity index (χ2v) is 4.64. The lowest BCUT2D eigenvalue weighted by atomic mass is 9.74. The predicted octanol–water partition coefficient (Wildman–Crippen LogP) is 2.16. The van der Waals surface area contributed by atoms with E-state index in [0.29, 0.717) is 0 Å². The van der Waals surface area contributed by atoms with Crippen molar-refractivity contribution in [2.75, 3.05) is 0 Å². The average molecular weight is 235 g/mol. The Morgan fingerprint density at radius 1 is 1.41 bits per heavy atom. The molecule has 4 nitrogen and oxygen atoms in total. The normalized spacial score (nSPS) is 17.2. The van der Waals surface area contributed by atoms with Gasteiger partial charge in [0.25, 0.3) is 5.91 Å². The van der Waals surface area contributed by atoms with E-state index in [1.165, 1.54) is 18.2 Å². The lowest BCUT2D eigenvalue weighted by Crippen LogP contribution is -2.52. The van der Waals surface area contributed by atoms with Crippen molar-refractivity contribution in [1.82, 2.24) is 5.32 Å². The number of phenols is 2. The van der Waals surface area contributed by atoms with Crippen molar-refractivity contribution in [2.45, 2.75) is 38.1 Å². The first-order valence-corrected chi connectivity index (χ1v) is 5.91. The lowest BCUT2D eigenvalue weighted by Gasteiger charge is -2.42. The molecule has 1 aliphatic carbocycles. The van der Waals surface area contributed by atoms with Gasteiger partial charge in [0, 0.05) is 5.54 Å². The van der Waals surface area contributed by atoms with E-state index in [9.17, 15) is 15.0 Å². The van der Waals surface area contributed by atoms with Crippen LogP contribution in [0.3, 0.4) is 0 Å². The molecule has 0 unspecified atom stereocenters. The summed E-state index contributed by atoms with van der Waals surface area (Å²) in [4.78, 5) is 12.0. The third-order valence-corrected chi connectivity index (χ3v) is 3.59. The average Bonchev–Trinajstić information content (AvgIpc) is 2.26. The highest BCUT2D eigenvalue weighted by Gasteiger charge is 2.36. The first-order valence-electron chi connectivity index (χ1n) is 5.91. The maximum atomic E-state index is 12.0. The number of phenolic OH excluding ortho intramolecular Hbond substituents is 2. The number of carbonyl (C=O) groups is 1. The molecular formula is C13H17NO3. The van der Waals surface area contributed by atoms with Crippen LogP contribution in [0.2, 0.25) is 0 Å². The van der Waals surface area contributed by atoms with Crippen molar-refractivity contribution < 1.29 is 15.0 Å². The molecule has 0 atom stereocenters. The monoisotopic (exact) mass is 235 g/mol. The third-order valence-electron chi connectivity index (χ3n) is 3.59. The minimum Gasteiger partial charge on any atom is -0.508 e. The number of rotatable bonds is 3. The minimum absolute atomic E-state index is 0.0212. The fourth-order valence-electron chi connectivity index (χ4n) is 2.18. The lowest BCUT2D eigenvalue weighted by molar-refractivity contribution is 0.0817. The quantitative estimate of drug-likeness (QED) is 0.703. The Labute approximate surface area is 100 Å². The van der Waals surface area contributed by atoms with Gasteiger partial charge in [-0.3, -0.25) is 4.79 Å². The van der Waals surface area contributed by atoms with Gasteiger partial charge in [0.2, 0.25) is 0 Å². The summed E-state index contributed by atoms with van der Waals surface area (Å²) in [7, 11) is 0. The van der Waals surface area contributed by atoms with Crippen molar-refractivity contribution in [1.29, 1.82) is 0 Å². The van der Waals surface area contributed by atoms with E-state index >= 15 is 0 Å². The van der Waals surface area contributed by atoms with Crippen LogP contribution in [0.15, 0.2) is 18.2 Å². The van der Waals surface area contributed by atoms with E-state index in [1.54, 1.807) is 0 Å². The molecule has 92 valence electrons. The summed E-state index contributed by atoms with van der Waals surface area (Å²) >= 11 is 0. The number of benzene rings is 1. The molecule has 0 saturated heterocycles. The molecule has 1 amide bonds. The van der Waals surface area contributed by atoms with E-state index in [0.717, 1.165) is 25.7 Å². The van der Waals surface area contributed by atoms with E-state index in [-0.39, 0.29) is 28.5 Å². The molecule has 0 bridgehead atoms. The van der Waals surface area contributed by atoms with Gasteiger partial charge in [0.05, 0.1) is 5.56 Å². The molecule has 2 rings (SSSR count). The summed E-state index contributed by atoms with van der Waals surface area (Å²) in [5.74, 6) is -0.446. The van der Waals surface area contributed by atoms with Crippen LogP contribution in [0.5, 0.6) is 11.5 Å². The molecule has 17 heavy (non-hydrogen) atoms. The highest BCUT2D eigenvalue weighted by atomic mass is 16.3. The van der Waals surface area contributed by atoms with Crippen molar-refractivity contribution >= 4 is 5.91 Å². The molecule has 0 aliphatic heterocycles. The Balaban J connectivity index is 2.17. The smallest absolute Gasteiger partial charge is 0.255 e. The van der Waals surface area contributed by atoms with Crippen LogP contribution in [0.25, 0.3) is 0 Å². The van der Waals surface area contributed by atoms with Crippen LogP contribution in [0.1, 0.15) is 43.0 Å². The van der Waals surface area contributed by atoms with Gasteiger partial charge in [0.15, 0.2) is 0 Å². The molecule has 1 aromatic rings. The Hall–Kier alpha value is -1.71. The van der Waals surface area contributed by atoms with Crippen molar-refractivity contribution in [3.05, 3.63) is 23.8 Å². The maximum absolute atomic E-state index is 12.0. The number of carbonyl (C=O) groups excluding carboxylic acids is 1. The zero-order chi connectivity index (χ0) is 12.5. The zero-order valence-electron chi connectivity index (χ0n) is 9.86. The van der Waals surface area contributed by atoms with Gasteiger partial charge >= 0.3 is 0 Å². The van der Waals surface area contributed by atoms with Crippen LogP contribution in [0.4, 0.5) is 0 Å². The van der Waals surface area contributed by atoms with E-state index < -0.39 is 0 Å². The van der Waals surface area contributed by atoms with Gasteiger partial charge in [0.1, 0.15) is 11.5 Å². The summed E-state index contributed by atoms with van der Waals surface area (Å²) in [6.45, 7) is 2.04. The van der Waals surface area contributed by atoms with Crippen LogP contribution in [-0.4, -0.2) is 21.7 Å². The van der Waals surface area contributed by atoms with Crippen molar-refractivity contribution in [3.63, 3.8) is 0 Å². The Kier molecular flexibility index (Phi) is 2.96. The molecule has 3 N–H and O–H groups in total. The van der Waals surface area contributed by atoms with Gasteiger partial charge in [-0.2, -0.15) is 0 Å². The summed E-state index contributed by atoms with van der Waals surface area (Å²) in [6.07, 6.45) is 3.97. The first kappa shape index (κ1) is 11.8. The first-order chi connectivity index (χ1) is 8.06. The molecule has 1 aromatic carbocycles. The number of nitrogens with one attached hydrogen (secondary N) is 1. The zero-order valence-corrected chi connectivity index (χ0v) is 9.86. The highest BCUT2D eigenvalue weighted by molar-refractivity contribution is 5.97. The summed E-state index contributed by atoms with van der Waals surface area (Å²) < 4.78 is 0. The van der Waals surface area contributed by atoms with Crippen molar-refractivity contribution in [2.24, 2.45) is 0 Å². The topological polar surface area (TPSA) is 69.6 Å². The second kappa shape index (κ2) is 4.28. The SMILES string of the molecule is CCC1(NC(=O)c2cc(O)ccc2O)CCC1. The molecule has 0 spiro atoms. The highest BCUT2D eigenvalue weighted by Crippen LogP contribution is 2.35. The molecule has 1 fully saturated rings. The second-order valence-electron chi connectivity index (χ2n) is 4.64. The number of hydrogen-bond acceptors (Lipinski definition) is 3. The maximum Gasteiger partial charge on any atom is 0.255 e. The molecule has 0 radical (unpaired) electrons. The molecule has 1 aliphatic rings. The van der Waals surface area contributed by atoms with Gasteiger partial charge in [-0.15, -0.1) is 0 Å². The molecule has 0 heterocycles. The molecule has 0 aromatic heterocycles. The predicted molar refractivity (Wildman–Crippen MR) is 64.1 cm³/mol. The Morgan fingerprint density at radius 3 is 2.65 bits per heavy atom. The Bertz CT molecular complexity index is 433. The van der Waals surface area contributed by atoms with Gasteiger partial charge in [-0.1, -0.05) is 6.92 Å².